The molecule has 1 aromatic rings. The van der Waals surface area contributed by atoms with Crippen LogP contribution in [0.3, 0.4) is 0 Å². The minimum Gasteiger partial charge on any atom is -0.311 e. The zero-order valence-electron chi connectivity index (χ0n) is 13.1. The summed E-state index contributed by atoms with van der Waals surface area (Å²) in [6, 6.07) is 6.52. The van der Waals surface area contributed by atoms with E-state index in [1.54, 1.807) is 0 Å². The van der Waals surface area contributed by atoms with Gasteiger partial charge < -0.3 is 4.90 Å². The standard InChI is InChI=1S/C17H24BrNO/c1-16(2,3)15(20)19-9-8-13-10-12(6-7-14(13)19)11-17(4,5)18/h6-7,10H,8-9,11H2,1-5H3. The van der Waals surface area contributed by atoms with E-state index >= 15 is 0 Å². The van der Waals surface area contributed by atoms with Crippen LogP contribution in [0.5, 0.6) is 0 Å². The molecule has 1 aliphatic heterocycles. The third-order valence-electron chi connectivity index (χ3n) is 3.55. The Morgan fingerprint density at radius 2 is 1.90 bits per heavy atom. The van der Waals surface area contributed by atoms with Crippen LogP contribution >= 0.6 is 15.9 Å². The molecule has 0 spiro atoms. The molecule has 0 aliphatic carbocycles. The Hall–Kier alpha value is -0.830. The van der Waals surface area contributed by atoms with Crippen LogP contribution in [0.4, 0.5) is 5.69 Å². The molecule has 0 aromatic heterocycles. The molecule has 0 unspecified atom stereocenters. The van der Waals surface area contributed by atoms with Crippen molar-refractivity contribution < 1.29 is 4.79 Å². The van der Waals surface area contributed by atoms with Gasteiger partial charge in [-0.2, -0.15) is 0 Å². The first-order chi connectivity index (χ1) is 9.08. The van der Waals surface area contributed by atoms with Crippen LogP contribution in [0.1, 0.15) is 45.7 Å². The summed E-state index contributed by atoms with van der Waals surface area (Å²) in [7, 11) is 0. The van der Waals surface area contributed by atoms with Gasteiger partial charge in [-0.3, -0.25) is 4.79 Å². The van der Waals surface area contributed by atoms with Gasteiger partial charge in [-0.05, 0) is 43.9 Å². The van der Waals surface area contributed by atoms with E-state index in [0.29, 0.717) is 0 Å². The molecular weight excluding hydrogens is 314 g/mol. The fraction of sp³-hybridized carbons (Fsp3) is 0.588. The van der Waals surface area contributed by atoms with E-state index in [1.807, 2.05) is 25.7 Å². The number of nitrogens with zero attached hydrogens (tertiary/aromatic N) is 1. The van der Waals surface area contributed by atoms with Crippen molar-refractivity contribution in [2.45, 2.75) is 51.8 Å². The van der Waals surface area contributed by atoms with E-state index in [4.69, 9.17) is 0 Å². The Balaban J connectivity index is 2.25. The highest BCUT2D eigenvalue weighted by molar-refractivity contribution is 9.10. The zero-order chi connectivity index (χ0) is 15.1. The van der Waals surface area contributed by atoms with Gasteiger partial charge in [0.15, 0.2) is 0 Å². The molecule has 2 nitrogen and oxygen atoms in total. The lowest BCUT2D eigenvalue weighted by Crippen LogP contribution is -2.38. The molecule has 0 saturated heterocycles. The second-order valence-corrected chi connectivity index (χ2v) is 9.46. The molecule has 0 N–H and O–H groups in total. The molecule has 2 rings (SSSR count). The van der Waals surface area contributed by atoms with Gasteiger partial charge >= 0.3 is 0 Å². The molecule has 0 fully saturated rings. The monoisotopic (exact) mass is 337 g/mol. The molecule has 0 atom stereocenters. The van der Waals surface area contributed by atoms with E-state index in [1.165, 1.54) is 11.1 Å². The van der Waals surface area contributed by atoms with Crippen LogP contribution in [-0.4, -0.2) is 16.8 Å². The van der Waals surface area contributed by atoms with Crippen molar-refractivity contribution in [3.05, 3.63) is 29.3 Å². The van der Waals surface area contributed by atoms with Gasteiger partial charge in [0.25, 0.3) is 0 Å². The number of benzene rings is 1. The van der Waals surface area contributed by atoms with Gasteiger partial charge in [-0.1, -0.05) is 48.8 Å². The number of alkyl halides is 1. The summed E-state index contributed by atoms with van der Waals surface area (Å²) in [6.45, 7) is 11.1. The van der Waals surface area contributed by atoms with Crippen molar-refractivity contribution in [3.63, 3.8) is 0 Å². The smallest absolute Gasteiger partial charge is 0.232 e. The number of hydrogen-bond donors (Lipinski definition) is 0. The molecule has 110 valence electrons. The van der Waals surface area contributed by atoms with Crippen LogP contribution in [0, 0.1) is 5.41 Å². The fourth-order valence-corrected chi connectivity index (χ4v) is 2.99. The average Bonchev–Trinajstić information content (AvgIpc) is 2.67. The first-order valence-electron chi connectivity index (χ1n) is 7.21. The summed E-state index contributed by atoms with van der Waals surface area (Å²) in [4.78, 5) is 14.4. The van der Waals surface area contributed by atoms with E-state index in [9.17, 15) is 4.79 Å². The number of halogens is 1. The molecular formula is C17H24BrNO. The number of rotatable bonds is 2. The predicted octanol–water partition coefficient (Wildman–Crippen LogP) is 4.34. The van der Waals surface area contributed by atoms with Crippen molar-refractivity contribution in [2.75, 3.05) is 11.4 Å². The number of hydrogen-bond acceptors (Lipinski definition) is 1. The van der Waals surface area contributed by atoms with Gasteiger partial charge in [-0.15, -0.1) is 0 Å². The highest BCUT2D eigenvalue weighted by atomic mass is 79.9. The van der Waals surface area contributed by atoms with Crippen molar-refractivity contribution in [3.8, 4) is 0 Å². The van der Waals surface area contributed by atoms with Crippen molar-refractivity contribution >= 4 is 27.5 Å². The first-order valence-corrected chi connectivity index (χ1v) is 8.00. The minimum atomic E-state index is -0.321. The number of amides is 1. The summed E-state index contributed by atoms with van der Waals surface area (Å²) in [5.74, 6) is 0.213. The van der Waals surface area contributed by atoms with Gasteiger partial charge in [0.2, 0.25) is 5.91 Å². The molecule has 1 heterocycles. The molecule has 0 radical (unpaired) electrons. The molecule has 1 amide bonds. The van der Waals surface area contributed by atoms with Gasteiger partial charge in [-0.25, -0.2) is 0 Å². The Morgan fingerprint density at radius 3 is 2.45 bits per heavy atom. The van der Waals surface area contributed by atoms with Crippen LogP contribution in [0.25, 0.3) is 0 Å². The number of carbonyl (C=O) groups excluding carboxylic acids is 1. The lowest BCUT2D eigenvalue weighted by molar-refractivity contribution is -0.125. The van der Waals surface area contributed by atoms with E-state index < -0.39 is 0 Å². The fourth-order valence-electron chi connectivity index (χ4n) is 2.67. The minimum absolute atomic E-state index is 0.112. The van der Waals surface area contributed by atoms with Gasteiger partial charge in [0.1, 0.15) is 0 Å². The SMILES string of the molecule is CC(C)(Br)Cc1ccc2c(c1)CCN2C(=O)C(C)(C)C. The first kappa shape index (κ1) is 15.6. The van der Waals surface area contributed by atoms with Crippen molar-refractivity contribution in [1.82, 2.24) is 0 Å². The third kappa shape index (κ3) is 3.43. The normalized spacial score (nSPS) is 15.4. The molecule has 20 heavy (non-hydrogen) atoms. The number of carbonyl (C=O) groups is 1. The Morgan fingerprint density at radius 1 is 1.25 bits per heavy atom. The maximum Gasteiger partial charge on any atom is 0.232 e. The van der Waals surface area contributed by atoms with E-state index in [0.717, 1.165) is 25.1 Å². The Kier molecular flexibility index (Phi) is 4.03. The maximum atomic E-state index is 12.5. The van der Waals surface area contributed by atoms with Crippen LogP contribution in [0.2, 0.25) is 0 Å². The lowest BCUT2D eigenvalue weighted by atomic mass is 9.94. The summed E-state index contributed by atoms with van der Waals surface area (Å²) in [6.07, 6.45) is 1.96. The number of fused-ring (bicyclic) bond motifs is 1. The molecule has 1 aromatic carbocycles. The van der Waals surface area contributed by atoms with Crippen LogP contribution in [-0.2, 0) is 17.6 Å². The predicted molar refractivity (Wildman–Crippen MR) is 88.7 cm³/mol. The summed E-state index contributed by atoms with van der Waals surface area (Å²) >= 11 is 3.69. The van der Waals surface area contributed by atoms with E-state index in [2.05, 4.69) is 48.0 Å². The summed E-state index contributed by atoms with van der Waals surface area (Å²) in [5, 5.41) is 0. The summed E-state index contributed by atoms with van der Waals surface area (Å²) < 4.78 is 0.112. The van der Waals surface area contributed by atoms with Gasteiger partial charge in [0, 0.05) is 22.0 Å². The quantitative estimate of drug-likeness (QED) is 0.735. The van der Waals surface area contributed by atoms with Crippen molar-refractivity contribution in [2.24, 2.45) is 5.41 Å². The molecule has 3 heteroatoms. The zero-order valence-corrected chi connectivity index (χ0v) is 14.7. The molecule has 1 aliphatic rings. The topological polar surface area (TPSA) is 20.3 Å². The lowest BCUT2D eigenvalue weighted by Gasteiger charge is -2.26. The highest BCUT2D eigenvalue weighted by Gasteiger charge is 2.32. The average molecular weight is 338 g/mol. The van der Waals surface area contributed by atoms with E-state index in [-0.39, 0.29) is 15.6 Å². The third-order valence-corrected chi connectivity index (χ3v) is 3.83. The summed E-state index contributed by atoms with van der Waals surface area (Å²) in [5.41, 5.74) is 3.41. The molecule has 0 saturated carbocycles. The van der Waals surface area contributed by atoms with Crippen molar-refractivity contribution in [1.29, 1.82) is 0 Å². The Bertz CT molecular complexity index is 523. The second-order valence-electron chi connectivity index (χ2n) is 7.32. The molecule has 0 bridgehead atoms. The second kappa shape index (κ2) is 5.18. The highest BCUT2D eigenvalue weighted by Crippen LogP contribution is 2.33. The van der Waals surface area contributed by atoms with Crippen LogP contribution < -0.4 is 4.90 Å². The van der Waals surface area contributed by atoms with Gasteiger partial charge in [0.05, 0.1) is 0 Å². The van der Waals surface area contributed by atoms with Crippen LogP contribution in [0.15, 0.2) is 18.2 Å². The number of anilines is 1. The maximum absolute atomic E-state index is 12.5. The largest absolute Gasteiger partial charge is 0.311 e. The Labute approximate surface area is 130 Å².